The van der Waals surface area contributed by atoms with Gasteiger partial charge in [0.05, 0.1) is 25.6 Å². The van der Waals surface area contributed by atoms with Crippen molar-refractivity contribution >= 4 is 30.8 Å². The molecule has 15 heteroatoms. The second-order valence-electron chi connectivity index (χ2n) is 7.96. The second kappa shape index (κ2) is 12.6. The summed E-state index contributed by atoms with van der Waals surface area (Å²) >= 11 is 0. The van der Waals surface area contributed by atoms with E-state index in [2.05, 4.69) is 26.6 Å². The quantitative estimate of drug-likeness (QED) is 0.131. The number of ether oxygens (including phenoxy) is 2. The maximum absolute atomic E-state index is 13.6. The van der Waals surface area contributed by atoms with Gasteiger partial charge in [0.25, 0.3) is 5.56 Å². The van der Waals surface area contributed by atoms with E-state index in [-0.39, 0.29) is 29.6 Å². The number of fused-ring (bicyclic) bond motifs is 1. The van der Waals surface area contributed by atoms with Crippen LogP contribution < -0.4 is 20.9 Å². The number of esters is 1. The molecule has 0 fully saturated rings. The van der Waals surface area contributed by atoms with Gasteiger partial charge in [0.15, 0.2) is 11.2 Å². The van der Waals surface area contributed by atoms with Crippen LogP contribution in [0, 0.1) is 0 Å². The molecule has 1 aromatic carbocycles. The Morgan fingerprint density at radius 1 is 1.35 bits per heavy atom. The van der Waals surface area contributed by atoms with Crippen molar-refractivity contribution in [2.24, 2.45) is 0 Å². The van der Waals surface area contributed by atoms with Gasteiger partial charge in [-0.1, -0.05) is 24.3 Å². The smallest absolute Gasteiger partial charge is 0.459 e. The molecule has 0 aliphatic carbocycles. The van der Waals surface area contributed by atoms with Crippen molar-refractivity contribution in [2.45, 2.75) is 38.8 Å². The number of nitrogen functional groups attached to an aromatic ring is 1. The van der Waals surface area contributed by atoms with Crippen molar-refractivity contribution in [3.63, 3.8) is 0 Å². The SMILES string of the molecule is C=C[C@H](NP(=O)(OCC(CO)OCn1cnc2c(=O)[nH]c(N)nc21)Oc1ccccc1)C(=O)OC(C)C. The number of H-pyrrole nitrogens is 1. The molecule has 0 saturated heterocycles. The molecule has 3 atom stereocenters. The number of benzene rings is 1. The topological polar surface area (TPSA) is 193 Å². The van der Waals surface area contributed by atoms with Crippen molar-refractivity contribution < 1.29 is 33.0 Å². The van der Waals surface area contributed by atoms with Crippen molar-refractivity contribution in [3.05, 3.63) is 59.7 Å². The summed E-state index contributed by atoms with van der Waals surface area (Å²) in [7, 11) is -4.22. The van der Waals surface area contributed by atoms with E-state index in [9.17, 15) is 19.3 Å². The standard InChI is InChI=1S/C22H29N6O8P/c1-4-17(21(31)35-14(2)3)27-37(32,36-15-8-6-5-7-9-15)34-11-16(10-29)33-13-28-12-24-18-19(28)25-22(23)26-20(18)30/h4-9,12,14,16-17,29H,1,10-11,13H2,2-3H3,(H,27,32)(H3,23,25,26,30)/t16?,17-,37?/m0/s1. The van der Waals surface area contributed by atoms with Gasteiger partial charge in [-0.15, -0.1) is 6.58 Å². The molecule has 2 aromatic heterocycles. The molecule has 0 bridgehead atoms. The van der Waals surface area contributed by atoms with Gasteiger partial charge in [-0.2, -0.15) is 10.1 Å². The van der Waals surface area contributed by atoms with Crippen LogP contribution >= 0.6 is 7.75 Å². The summed E-state index contributed by atoms with van der Waals surface area (Å²) in [6.07, 6.45) is 1.12. The average Bonchev–Trinajstić information content (AvgIpc) is 3.26. The predicted molar refractivity (Wildman–Crippen MR) is 133 cm³/mol. The molecule has 14 nitrogen and oxygen atoms in total. The molecular weight excluding hydrogens is 507 g/mol. The summed E-state index contributed by atoms with van der Waals surface area (Å²) < 4.78 is 36.9. The molecule has 3 aromatic rings. The number of anilines is 1. The number of aliphatic hydroxyl groups is 1. The normalized spacial score (nSPS) is 14.7. The van der Waals surface area contributed by atoms with E-state index >= 15 is 0 Å². The van der Waals surface area contributed by atoms with E-state index in [1.165, 1.54) is 17.0 Å². The molecule has 0 aliphatic heterocycles. The molecule has 0 spiro atoms. The number of nitrogens with zero attached hydrogens (tertiary/aromatic N) is 3. The Labute approximate surface area is 212 Å². The zero-order chi connectivity index (χ0) is 27.0. The van der Waals surface area contributed by atoms with E-state index in [0.29, 0.717) is 0 Å². The third kappa shape index (κ3) is 7.71. The lowest BCUT2D eigenvalue weighted by Gasteiger charge is -2.25. The Morgan fingerprint density at radius 2 is 2.08 bits per heavy atom. The number of rotatable bonds is 14. The average molecular weight is 536 g/mol. The second-order valence-corrected chi connectivity index (χ2v) is 9.66. The van der Waals surface area contributed by atoms with Crippen molar-refractivity contribution in [1.29, 1.82) is 0 Å². The number of aliphatic hydroxyl groups excluding tert-OH is 1. The molecule has 37 heavy (non-hydrogen) atoms. The maximum atomic E-state index is 13.6. The molecule has 5 N–H and O–H groups in total. The zero-order valence-corrected chi connectivity index (χ0v) is 21.2. The van der Waals surface area contributed by atoms with Crippen LogP contribution in [0.4, 0.5) is 5.95 Å². The summed E-state index contributed by atoms with van der Waals surface area (Å²) in [6.45, 7) is 5.81. The molecule has 2 unspecified atom stereocenters. The molecule has 2 heterocycles. The minimum Gasteiger partial charge on any atom is -0.462 e. The third-order valence-electron chi connectivity index (χ3n) is 4.68. The van der Waals surface area contributed by atoms with Gasteiger partial charge in [0.1, 0.15) is 24.6 Å². The summed E-state index contributed by atoms with van der Waals surface area (Å²) in [5, 5.41) is 12.3. The van der Waals surface area contributed by atoms with E-state index in [1.807, 2.05) is 0 Å². The first kappa shape index (κ1) is 28.0. The lowest BCUT2D eigenvalue weighted by molar-refractivity contribution is -0.148. The van der Waals surface area contributed by atoms with E-state index in [1.54, 1.807) is 44.2 Å². The van der Waals surface area contributed by atoms with E-state index < -0.39 is 50.7 Å². The number of nitrogens with one attached hydrogen (secondary N) is 2. The molecule has 0 amide bonds. The maximum Gasteiger partial charge on any atom is 0.459 e. The third-order valence-corrected chi connectivity index (χ3v) is 6.22. The molecule has 200 valence electrons. The van der Waals surface area contributed by atoms with Crippen LogP contribution in [-0.2, 0) is 30.1 Å². The highest BCUT2D eigenvalue weighted by Gasteiger charge is 2.34. The molecule has 0 saturated carbocycles. The Balaban J connectivity index is 1.72. The van der Waals surface area contributed by atoms with Crippen LogP contribution in [0.25, 0.3) is 11.2 Å². The predicted octanol–water partition coefficient (Wildman–Crippen LogP) is 1.34. The Kier molecular flexibility index (Phi) is 9.55. The summed E-state index contributed by atoms with van der Waals surface area (Å²) in [5.74, 6) is -0.619. The fourth-order valence-electron chi connectivity index (χ4n) is 2.97. The van der Waals surface area contributed by atoms with Crippen LogP contribution in [0.2, 0.25) is 0 Å². The minimum atomic E-state index is -4.22. The van der Waals surface area contributed by atoms with Crippen LogP contribution in [0.5, 0.6) is 5.75 Å². The van der Waals surface area contributed by atoms with Crippen molar-refractivity contribution in [2.75, 3.05) is 18.9 Å². The lowest BCUT2D eigenvalue weighted by atomic mass is 10.3. The number of nitrogens with two attached hydrogens (primary N) is 1. The number of para-hydroxylation sites is 1. The minimum absolute atomic E-state index is 0.0586. The van der Waals surface area contributed by atoms with E-state index in [0.717, 1.165) is 0 Å². The highest BCUT2D eigenvalue weighted by atomic mass is 31.2. The summed E-state index contributed by atoms with van der Waals surface area (Å²) in [4.78, 5) is 34.7. The summed E-state index contributed by atoms with van der Waals surface area (Å²) in [6, 6.07) is 6.97. The van der Waals surface area contributed by atoms with Gasteiger partial charge in [-0.3, -0.25) is 18.9 Å². The van der Waals surface area contributed by atoms with Crippen LogP contribution in [0.3, 0.4) is 0 Å². The molecule has 0 aliphatic rings. The Morgan fingerprint density at radius 3 is 2.73 bits per heavy atom. The number of imidazole rings is 1. The molecular formula is C22H29N6O8P. The first-order valence-electron chi connectivity index (χ1n) is 11.2. The summed E-state index contributed by atoms with van der Waals surface area (Å²) in [5.41, 5.74) is 5.31. The van der Waals surface area contributed by atoms with Crippen LogP contribution in [0.15, 0.2) is 54.1 Å². The van der Waals surface area contributed by atoms with Gasteiger partial charge in [-0.25, -0.2) is 14.3 Å². The molecule has 0 radical (unpaired) electrons. The van der Waals surface area contributed by atoms with Crippen LogP contribution in [0.1, 0.15) is 13.8 Å². The van der Waals surface area contributed by atoms with Gasteiger partial charge < -0.3 is 24.8 Å². The number of hydrogen-bond acceptors (Lipinski definition) is 11. The van der Waals surface area contributed by atoms with Gasteiger partial charge >= 0.3 is 13.7 Å². The van der Waals surface area contributed by atoms with Crippen molar-refractivity contribution in [1.82, 2.24) is 24.6 Å². The fourth-order valence-corrected chi connectivity index (χ4v) is 4.47. The highest BCUT2D eigenvalue weighted by Crippen LogP contribution is 2.45. The van der Waals surface area contributed by atoms with Crippen molar-refractivity contribution in [3.8, 4) is 5.75 Å². The fraction of sp³-hybridized carbons (Fsp3) is 0.364. The van der Waals surface area contributed by atoms with Gasteiger partial charge in [0.2, 0.25) is 5.95 Å². The first-order valence-corrected chi connectivity index (χ1v) is 12.7. The number of aromatic amines is 1. The lowest BCUT2D eigenvalue weighted by Crippen LogP contribution is -2.37. The Bertz CT molecular complexity index is 1310. The zero-order valence-electron chi connectivity index (χ0n) is 20.3. The number of carbonyl (C=O) groups is 1. The monoisotopic (exact) mass is 536 g/mol. The largest absolute Gasteiger partial charge is 0.462 e. The number of aromatic nitrogens is 4. The van der Waals surface area contributed by atoms with Gasteiger partial charge in [-0.05, 0) is 26.0 Å². The first-order chi connectivity index (χ1) is 17.6. The van der Waals surface area contributed by atoms with Crippen LogP contribution in [-0.4, -0.2) is 62.1 Å². The highest BCUT2D eigenvalue weighted by molar-refractivity contribution is 7.52. The number of hydrogen-bond donors (Lipinski definition) is 4. The van der Waals surface area contributed by atoms with E-state index in [4.69, 9.17) is 24.3 Å². The molecule has 3 rings (SSSR count). The number of carbonyl (C=O) groups excluding carboxylic acids is 1. The Hall–Kier alpha value is -3.55. The van der Waals surface area contributed by atoms with Gasteiger partial charge in [0, 0.05) is 0 Å².